The van der Waals surface area contributed by atoms with Gasteiger partial charge in [0.05, 0.1) is 0 Å². The Morgan fingerprint density at radius 3 is 2.36 bits per heavy atom. The number of hydrogen-bond donors (Lipinski definition) is 2. The van der Waals surface area contributed by atoms with E-state index in [2.05, 4.69) is 16.6 Å². The molecule has 1 aliphatic heterocycles. The Balaban J connectivity index is 1.82. The molecule has 1 aromatic rings. The van der Waals surface area contributed by atoms with Gasteiger partial charge in [0.15, 0.2) is 0 Å². The number of amides is 2. The van der Waals surface area contributed by atoms with Crippen LogP contribution in [-0.2, 0) is 10.4 Å². The highest BCUT2D eigenvalue weighted by atomic mass is 32.3. The molecule has 118 valence electrons. The van der Waals surface area contributed by atoms with Gasteiger partial charge in [-0.3, -0.25) is 0 Å². The molecule has 1 saturated heterocycles. The summed E-state index contributed by atoms with van der Waals surface area (Å²) in [4.78, 5) is 11.8. The summed E-state index contributed by atoms with van der Waals surface area (Å²) in [5.74, 6) is 2.48. The Labute approximate surface area is 129 Å². The first-order valence-electron chi connectivity index (χ1n) is 6.72. The van der Waals surface area contributed by atoms with Crippen LogP contribution >= 0.6 is 0 Å². The van der Waals surface area contributed by atoms with Crippen molar-refractivity contribution < 1.29 is 17.1 Å². The normalized spacial score (nSPS) is 16.7. The molecular formula is C14H16FN3O3S. The summed E-state index contributed by atoms with van der Waals surface area (Å²) >= 11 is 0. The van der Waals surface area contributed by atoms with Crippen molar-refractivity contribution in [2.24, 2.45) is 0 Å². The van der Waals surface area contributed by atoms with E-state index in [1.54, 1.807) is 24.3 Å². The van der Waals surface area contributed by atoms with E-state index in [4.69, 9.17) is 6.42 Å². The minimum atomic E-state index is -4.64. The summed E-state index contributed by atoms with van der Waals surface area (Å²) in [7, 11) is -4.64. The third kappa shape index (κ3) is 4.44. The van der Waals surface area contributed by atoms with Gasteiger partial charge in [-0.2, -0.15) is 12.7 Å². The van der Waals surface area contributed by atoms with Gasteiger partial charge in [0, 0.05) is 30.4 Å². The van der Waals surface area contributed by atoms with Crippen molar-refractivity contribution in [1.82, 2.24) is 9.62 Å². The zero-order valence-electron chi connectivity index (χ0n) is 11.8. The second-order valence-corrected chi connectivity index (χ2v) is 6.28. The largest absolute Gasteiger partial charge is 0.374 e. The molecule has 0 unspecified atom stereocenters. The smallest absolute Gasteiger partial charge is 0.335 e. The molecule has 22 heavy (non-hydrogen) atoms. The van der Waals surface area contributed by atoms with Crippen molar-refractivity contribution in [2.45, 2.75) is 18.9 Å². The summed E-state index contributed by atoms with van der Waals surface area (Å²) in [6.07, 6.45) is 5.98. The average Bonchev–Trinajstić information content (AvgIpc) is 2.47. The van der Waals surface area contributed by atoms with Gasteiger partial charge in [0.1, 0.15) is 0 Å². The topological polar surface area (TPSA) is 78.5 Å². The van der Waals surface area contributed by atoms with Crippen LogP contribution in [0.2, 0.25) is 0 Å². The standard InChI is InChI=1S/C14H16FN3O3S/c1-2-11-3-5-12(6-4-11)16-14(19)17-13-7-9-18(10-8-13)22(15,20)21/h1,3-6,13H,7-10H2,(H2,16,17,19). The van der Waals surface area contributed by atoms with Crippen LogP contribution < -0.4 is 10.6 Å². The lowest BCUT2D eigenvalue weighted by Crippen LogP contribution is -2.46. The van der Waals surface area contributed by atoms with Crippen molar-refractivity contribution in [1.29, 1.82) is 0 Å². The van der Waals surface area contributed by atoms with E-state index in [0.717, 1.165) is 4.31 Å². The fourth-order valence-electron chi connectivity index (χ4n) is 2.22. The van der Waals surface area contributed by atoms with Crippen LogP contribution in [0.5, 0.6) is 0 Å². The van der Waals surface area contributed by atoms with Gasteiger partial charge >= 0.3 is 16.4 Å². The first-order chi connectivity index (χ1) is 10.4. The summed E-state index contributed by atoms with van der Waals surface area (Å²) in [5, 5.41) is 5.39. The number of carbonyl (C=O) groups is 1. The molecule has 6 nitrogen and oxygen atoms in total. The molecule has 0 radical (unpaired) electrons. The van der Waals surface area contributed by atoms with Gasteiger partial charge in [-0.25, -0.2) is 4.79 Å². The average molecular weight is 325 g/mol. The molecule has 0 aromatic heterocycles. The van der Waals surface area contributed by atoms with E-state index in [0.29, 0.717) is 24.1 Å². The number of rotatable bonds is 3. The maximum atomic E-state index is 12.8. The third-order valence-electron chi connectivity index (χ3n) is 3.41. The molecular weight excluding hydrogens is 309 g/mol. The highest BCUT2D eigenvalue weighted by molar-refractivity contribution is 7.83. The minimum absolute atomic E-state index is 0.0562. The SMILES string of the molecule is C#Cc1ccc(NC(=O)NC2CCN(S(=O)(=O)F)CC2)cc1. The van der Waals surface area contributed by atoms with Crippen molar-refractivity contribution in [3.05, 3.63) is 29.8 Å². The fraction of sp³-hybridized carbons (Fsp3) is 0.357. The predicted molar refractivity (Wildman–Crippen MR) is 81.2 cm³/mol. The monoisotopic (exact) mass is 325 g/mol. The molecule has 0 atom stereocenters. The number of halogens is 1. The number of nitrogens with one attached hydrogen (secondary N) is 2. The molecule has 0 aliphatic carbocycles. The highest BCUT2D eigenvalue weighted by Gasteiger charge is 2.28. The zero-order valence-corrected chi connectivity index (χ0v) is 12.6. The van der Waals surface area contributed by atoms with Crippen LogP contribution in [-0.4, -0.2) is 37.9 Å². The molecule has 2 N–H and O–H groups in total. The summed E-state index contributed by atoms with van der Waals surface area (Å²) < 4.78 is 35.1. The Bertz CT molecular complexity index is 674. The Morgan fingerprint density at radius 2 is 1.86 bits per heavy atom. The van der Waals surface area contributed by atoms with Gasteiger partial charge in [0.2, 0.25) is 0 Å². The lowest BCUT2D eigenvalue weighted by Gasteiger charge is -2.29. The molecule has 0 saturated carbocycles. The van der Waals surface area contributed by atoms with Crippen LogP contribution in [0.4, 0.5) is 14.4 Å². The number of hydrogen-bond acceptors (Lipinski definition) is 3. The zero-order chi connectivity index (χ0) is 16.2. The number of benzene rings is 1. The number of carbonyl (C=O) groups excluding carboxylic acids is 1. The van der Waals surface area contributed by atoms with Gasteiger partial charge in [-0.15, -0.1) is 6.42 Å². The van der Waals surface area contributed by atoms with Crippen molar-refractivity contribution >= 4 is 22.1 Å². The summed E-state index contributed by atoms with van der Waals surface area (Å²) in [6, 6.07) is 6.21. The molecule has 2 rings (SSSR count). The van der Waals surface area contributed by atoms with Crippen LogP contribution in [0, 0.1) is 12.3 Å². The molecule has 1 fully saturated rings. The first-order valence-corrected chi connectivity index (χ1v) is 8.06. The molecule has 1 aliphatic rings. The fourth-order valence-corrected chi connectivity index (χ4v) is 2.87. The van der Waals surface area contributed by atoms with Crippen LogP contribution in [0.3, 0.4) is 0 Å². The highest BCUT2D eigenvalue weighted by Crippen LogP contribution is 2.15. The quantitative estimate of drug-likeness (QED) is 0.652. The predicted octanol–water partition coefficient (Wildman–Crippen LogP) is 1.47. The molecule has 0 spiro atoms. The maximum absolute atomic E-state index is 12.8. The number of piperidine rings is 1. The number of nitrogens with zero attached hydrogens (tertiary/aromatic N) is 1. The van der Waals surface area contributed by atoms with Crippen LogP contribution in [0.1, 0.15) is 18.4 Å². The van der Waals surface area contributed by atoms with Gasteiger partial charge in [-0.1, -0.05) is 9.81 Å². The molecule has 1 heterocycles. The summed E-state index contributed by atoms with van der Waals surface area (Å²) in [5.41, 5.74) is 1.31. The lowest BCUT2D eigenvalue weighted by atomic mass is 10.1. The number of terminal acetylenes is 1. The molecule has 0 bridgehead atoms. The first kappa shape index (κ1) is 16.3. The minimum Gasteiger partial charge on any atom is -0.335 e. The Hall–Kier alpha value is -2.11. The molecule has 1 aromatic carbocycles. The van der Waals surface area contributed by atoms with Gasteiger partial charge in [-0.05, 0) is 37.1 Å². The molecule has 2 amide bonds. The van der Waals surface area contributed by atoms with Gasteiger partial charge in [0.25, 0.3) is 0 Å². The van der Waals surface area contributed by atoms with E-state index >= 15 is 0 Å². The van der Waals surface area contributed by atoms with Crippen molar-refractivity contribution in [3.63, 3.8) is 0 Å². The van der Waals surface area contributed by atoms with E-state index in [1.165, 1.54) is 0 Å². The van der Waals surface area contributed by atoms with E-state index in [9.17, 15) is 17.1 Å². The second kappa shape index (κ2) is 6.77. The number of anilines is 1. The lowest BCUT2D eigenvalue weighted by molar-refractivity contribution is 0.237. The van der Waals surface area contributed by atoms with Gasteiger partial charge < -0.3 is 10.6 Å². The van der Waals surface area contributed by atoms with Crippen molar-refractivity contribution in [3.8, 4) is 12.3 Å². The second-order valence-electron chi connectivity index (χ2n) is 4.94. The molecule has 8 heteroatoms. The van der Waals surface area contributed by atoms with Crippen LogP contribution in [0.25, 0.3) is 0 Å². The van der Waals surface area contributed by atoms with E-state index in [1.807, 2.05) is 0 Å². The van der Waals surface area contributed by atoms with E-state index < -0.39 is 16.4 Å². The van der Waals surface area contributed by atoms with Crippen molar-refractivity contribution in [2.75, 3.05) is 18.4 Å². The Morgan fingerprint density at radius 1 is 1.27 bits per heavy atom. The van der Waals surface area contributed by atoms with Crippen LogP contribution in [0.15, 0.2) is 24.3 Å². The number of urea groups is 1. The third-order valence-corrected chi connectivity index (χ3v) is 4.39. The maximum Gasteiger partial charge on any atom is 0.374 e. The Kier molecular flexibility index (Phi) is 5.00. The van der Waals surface area contributed by atoms with E-state index in [-0.39, 0.29) is 19.1 Å². The summed E-state index contributed by atoms with van der Waals surface area (Å²) in [6.45, 7) is 0.112.